The minimum absolute atomic E-state index is 0.323. The Morgan fingerprint density at radius 3 is 2.47 bits per heavy atom. The van der Waals surface area contributed by atoms with E-state index in [4.69, 9.17) is 5.11 Å². The Balaban J connectivity index is 3.43. The van der Waals surface area contributed by atoms with E-state index in [0.29, 0.717) is 6.07 Å². The first-order chi connectivity index (χ1) is 7.84. The van der Waals surface area contributed by atoms with E-state index in [0.717, 1.165) is 19.1 Å². The molecule has 90 valence electrons. The molecule has 0 aliphatic rings. The molecule has 0 aliphatic carbocycles. The highest BCUT2D eigenvalue weighted by Crippen LogP contribution is 2.28. The van der Waals surface area contributed by atoms with Crippen LogP contribution in [0.25, 0.3) is 0 Å². The molecule has 1 unspecified atom stereocenters. The van der Waals surface area contributed by atoms with Gasteiger partial charge in [0.25, 0.3) is 5.69 Å². The molecule has 0 amide bonds. The number of carboxylic acids is 1. The second-order valence-electron chi connectivity index (χ2n) is 3.34. The Labute approximate surface area is 94.8 Å². The summed E-state index contributed by atoms with van der Waals surface area (Å²) in [6.45, 7) is 1.01. The Hall–Kier alpha value is -2.31. The molecule has 0 fully saturated rings. The number of carbonyl (C=O) groups is 2. The van der Waals surface area contributed by atoms with Gasteiger partial charge in [0.05, 0.1) is 16.6 Å². The molecular weight excluding hydrogens is 233 g/mol. The highest BCUT2D eigenvalue weighted by molar-refractivity contribution is 6.03. The topological polar surface area (TPSA) is 97.5 Å². The van der Waals surface area contributed by atoms with Crippen molar-refractivity contribution in [1.29, 1.82) is 0 Å². The molecule has 1 aromatic carbocycles. The zero-order valence-corrected chi connectivity index (χ0v) is 8.71. The Bertz CT molecular complexity index is 485. The minimum Gasteiger partial charge on any atom is -0.480 e. The van der Waals surface area contributed by atoms with Crippen LogP contribution in [-0.4, -0.2) is 21.8 Å². The summed E-state index contributed by atoms with van der Waals surface area (Å²) in [7, 11) is 0. The van der Waals surface area contributed by atoms with Crippen molar-refractivity contribution in [3.63, 3.8) is 0 Å². The van der Waals surface area contributed by atoms with Gasteiger partial charge in [-0.15, -0.1) is 0 Å². The summed E-state index contributed by atoms with van der Waals surface area (Å²) in [6.07, 6.45) is 0. The van der Waals surface area contributed by atoms with Gasteiger partial charge in [-0.1, -0.05) is 0 Å². The van der Waals surface area contributed by atoms with Crippen LogP contribution in [0, 0.1) is 15.9 Å². The smallest absolute Gasteiger partial charge is 0.318 e. The fourth-order valence-corrected chi connectivity index (χ4v) is 1.44. The van der Waals surface area contributed by atoms with Crippen LogP contribution in [-0.2, 0) is 9.59 Å². The summed E-state index contributed by atoms with van der Waals surface area (Å²) in [5, 5.41) is 19.5. The average Bonchev–Trinajstić information content (AvgIpc) is 2.19. The quantitative estimate of drug-likeness (QED) is 0.489. The van der Waals surface area contributed by atoms with E-state index in [-0.39, 0.29) is 5.56 Å². The predicted molar refractivity (Wildman–Crippen MR) is 54.1 cm³/mol. The third-order valence-corrected chi connectivity index (χ3v) is 2.15. The number of hydrogen-bond acceptors (Lipinski definition) is 4. The van der Waals surface area contributed by atoms with Crippen LogP contribution >= 0.6 is 0 Å². The Morgan fingerprint density at radius 2 is 2.06 bits per heavy atom. The second kappa shape index (κ2) is 4.69. The van der Waals surface area contributed by atoms with E-state index in [9.17, 15) is 24.1 Å². The summed E-state index contributed by atoms with van der Waals surface area (Å²) < 4.78 is 12.8. The van der Waals surface area contributed by atoms with Gasteiger partial charge >= 0.3 is 5.97 Å². The number of aliphatic carboxylic acids is 1. The average molecular weight is 241 g/mol. The maximum Gasteiger partial charge on any atom is 0.318 e. The van der Waals surface area contributed by atoms with Crippen molar-refractivity contribution in [2.24, 2.45) is 0 Å². The van der Waals surface area contributed by atoms with Gasteiger partial charge in [0.2, 0.25) is 0 Å². The molecule has 1 aromatic rings. The molecule has 1 rings (SSSR count). The second-order valence-corrected chi connectivity index (χ2v) is 3.34. The molecule has 1 N–H and O–H groups in total. The van der Waals surface area contributed by atoms with Crippen LogP contribution in [0.2, 0.25) is 0 Å². The molecule has 6 nitrogen and oxygen atoms in total. The predicted octanol–water partition coefficient (Wildman–Crippen LogP) is 1.49. The van der Waals surface area contributed by atoms with Gasteiger partial charge in [-0.2, -0.15) is 0 Å². The van der Waals surface area contributed by atoms with E-state index >= 15 is 0 Å². The number of hydrogen-bond donors (Lipinski definition) is 1. The molecule has 0 saturated heterocycles. The number of benzene rings is 1. The first kappa shape index (κ1) is 12.8. The SMILES string of the molecule is CC(=O)C(C(=O)O)c1ccc(F)cc1[N+](=O)[O-]. The maximum atomic E-state index is 12.8. The van der Waals surface area contributed by atoms with Crippen LogP contribution in [0.15, 0.2) is 18.2 Å². The zero-order valence-electron chi connectivity index (χ0n) is 8.71. The normalized spacial score (nSPS) is 11.9. The third kappa shape index (κ3) is 2.63. The van der Waals surface area contributed by atoms with Gasteiger partial charge in [-0.25, -0.2) is 4.39 Å². The minimum atomic E-state index is -1.66. The summed E-state index contributed by atoms with van der Waals surface area (Å²) in [5.41, 5.74) is -1.04. The van der Waals surface area contributed by atoms with Crippen molar-refractivity contribution in [3.8, 4) is 0 Å². The van der Waals surface area contributed by atoms with Crippen LogP contribution in [0.5, 0.6) is 0 Å². The molecule has 7 heteroatoms. The highest BCUT2D eigenvalue weighted by Gasteiger charge is 2.31. The van der Waals surface area contributed by atoms with Crippen molar-refractivity contribution < 1.29 is 24.0 Å². The van der Waals surface area contributed by atoms with Gasteiger partial charge in [0.1, 0.15) is 17.5 Å². The fourth-order valence-electron chi connectivity index (χ4n) is 1.44. The highest BCUT2D eigenvalue weighted by atomic mass is 19.1. The first-order valence-corrected chi connectivity index (χ1v) is 4.51. The lowest BCUT2D eigenvalue weighted by Gasteiger charge is -2.09. The van der Waals surface area contributed by atoms with Crippen LogP contribution < -0.4 is 0 Å². The monoisotopic (exact) mass is 241 g/mol. The van der Waals surface area contributed by atoms with Gasteiger partial charge < -0.3 is 5.11 Å². The van der Waals surface area contributed by atoms with E-state index in [2.05, 4.69) is 0 Å². The van der Waals surface area contributed by atoms with Gasteiger partial charge in [-0.3, -0.25) is 19.7 Å². The van der Waals surface area contributed by atoms with Gasteiger partial charge in [0, 0.05) is 0 Å². The van der Waals surface area contributed by atoms with E-state index < -0.39 is 34.1 Å². The molecule has 17 heavy (non-hydrogen) atoms. The molecule has 0 heterocycles. The molecule has 1 atom stereocenters. The standard InChI is InChI=1S/C10H8FNO5/c1-5(13)9(10(14)15)7-3-2-6(11)4-8(7)12(16)17/h2-4,9H,1H3,(H,14,15). The lowest BCUT2D eigenvalue weighted by Crippen LogP contribution is -2.20. The number of nitrogens with zero attached hydrogens (tertiary/aromatic N) is 1. The molecule has 0 spiro atoms. The lowest BCUT2D eigenvalue weighted by molar-refractivity contribution is -0.385. The van der Waals surface area contributed by atoms with E-state index in [1.54, 1.807) is 0 Å². The number of nitro groups is 1. The molecule has 0 aromatic heterocycles. The van der Waals surface area contributed by atoms with Crippen molar-refractivity contribution in [2.75, 3.05) is 0 Å². The molecule has 0 radical (unpaired) electrons. The van der Waals surface area contributed by atoms with Crippen molar-refractivity contribution in [2.45, 2.75) is 12.8 Å². The van der Waals surface area contributed by atoms with Crippen molar-refractivity contribution in [1.82, 2.24) is 0 Å². The van der Waals surface area contributed by atoms with E-state index in [1.165, 1.54) is 0 Å². The van der Waals surface area contributed by atoms with Crippen molar-refractivity contribution >= 4 is 17.4 Å². The van der Waals surface area contributed by atoms with Gasteiger partial charge in [-0.05, 0) is 19.1 Å². The molecular formula is C10H8FNO5. The Kier molecular flexibility index (Phi) is 3.52. The largest absolute Gasteiger partial charge is 0.480 e. The molecule has 0 aliphatic heterocycles. The number of rotatable bonds is 4. The summed E-state index contributed by atoms with van der Waals surface area (Å²) in [4.78, 5) is 31.8. The van der Waals surface area contributed by atoms with Crippen LogP contribution in [0.1, 0.15) is 18.4 Å². The number of halogens is 1. The van der Waals surface area contributed by atoms with Crippen LogP contribution in [0.4, 0.5) is 10.1 Å². The number of ketones is 1. The maximum absolute atomic E-state index is 12.8. The number of carbonyl (C=O) groups excluding carboxylic acids is 1. The number of nitro benzene ring substituents is 1. The van der Waals surface area contributed by atoms with E-state index in [1.807, 2.05) is 0 Å². The summed E-state index contributed by atoms with van der Waals surface area (Å²) in [6, 6.07) is 2.41. The Morgan fingerprint density at radius 1 is 1.47 bits per heavy atom. The van der Waals surface area contributed by atoms with Gasteiger partial charge in [0.15, 0.2) is 0 Å². The lowest BCUT2D eigenvalue weighted by atomic mass is 9.94. The zero-order chi connectivity index (χ0) is 13.2. The number of carboxylic acid groups (broad SMARTS) is 1. The molecule has 0 bridgehead atoms. The van der Waals surface area contributed by atoms with Crippen LogP contribution in [0.3, 0.4) is 0 Å². The summed E-state index contributed by atoms with van der Waals surface area (Å²) >= 11 is 0. The fraction of sp³-hybridized carbons (Fsp3) is 0.200. The molecule has 0 saturated carbocycles. The van der Waals surface area contributed by atoms with Crippen molar-refractivity contribution in [3.05, 3.63) is 39.7 Å². The first-order valence-electron chi connectivity index (χ1n) is 4.51. The summed E-state index contributed by atoms with van der Waals surface area (Å²) in [5.74, 6) is -4.79. The third-order valence-electron chi connectivity index (χ3n) is 2.15. The number of Topliss-reactive ketones (excluding diaryl/α,β-unsaturated/α-hetero) is 1.